The van der Waals surface area contributed by atoms with Gasteiger partial charge in [0.1, 0.15) is 0 Å². The number of piperidine rings is 1. The molecule has 4 heteroatoms. The highest BCUT2D eigenvalue weighted by Gasteiger charge is 2.58. The van der Waals surface area contributed by atoms with Gasteiger partial charge in [0, 0.05) is 24.5 Å². The predicted octanol–water partition coefficient (Wildman–Crippen LogP) is 2.69. The van der Waals surface area contributed by atoms with E-state index in [9.17, 15) is 4.79 Å². The van der Waals surface area contributed by atoms with Gasteiger partial charge in [-0.25, -0.2) is 0 Å². The Balaban J connectivity index is 1.59. The molecule has 1 aromatic rings. The van der Waals surface area contributed by atoms with Crippen molar-refractivity contribution >= 4 is 17.5 Å². The molecule has 1 amide bonds. The van der Waals surface area contributed by atoms with E-state index in [2.05, 4.69) is 5.32 Å². The lowest BCUT2D eigenvalue weighted by Gasteiger charge is -2.25. The lowest BCUT2D eigenvalue weighted by Crippen LogP contribution is -2.34. The molecule has 1 saturated carbocycles. The predicted molar refractivity (Wildman–Crippen MR) is 80.6 cm³/mol. The summed E-state index contributed by atoms with van der Waals surface area (Å²) in [5.41, 5.74) is 1.45. The second kappa shape index (κ2) is 5.38. The van der Waals surface area contributed by atoms with Gasteiger partial charge in [-0.15, -0.1) is 0 Å². The molecule has 1 spiro atoms. The van der Waals surface area contributed by atoms with Crippen LogP contribution in [0.5, 0.6) is 0 Å². The molecule has 1 N–H and O–H groups in total. The van der Waals surface area contributed by atoms with Gasteiger partial charge in [-0.05, 0) is 55.5 Å². The number of halogens is 1. The maximum Gasteiger partial charge on any atom is 0.226 e. The zero-order chi connectivity index (χ0) is 14.2. The summed E-state index contributed by atoms with van der Waals surface area (Å²) in [5, 5.41) is 4.11. The van der Waals surface area contributed by atoms with E-state index < -0.39 is 0 Å². The Morgan fingerprint density at radius 3 is 2.65 bits per heavy atom. The maximum atomic E-state index is 12.5. The molecule has 3 nitrogen and oxygen atoms in total. The largest absolute Gasteiger partial charge is 0.341 e. The average Bonchev–Trinajstić information content (AvgIpc) is 3.14. The van der Waals surface area contributed by atoms with E-state index in [-0.39, 0.29) is 5.92 Å². The molecule has 1 aromatic carbocycles. The number of hydrogen-bond donors (Lipinski definition) is 1. The van der Waals surface area contributed by atoms with Gasteiger partial charge in [-0.2, -0.15) is 0 Å². The van der Waals surface area contributed by atoms with Gasteiger partial charge in [0.25, 0.3) is 0 Å². The summed E-state index contributed by atoms with van der Waals surface area (Å²) in [4.78, 5) is 14.4. The van der Waals surface area contributed by atoms with Crippen LogP contribution in [0.25, 0.3) is 0 Å². The van der Waals surface area contributed by atoms with Crippen molar-refractivity contribution in [3.63, 3.8) is 0 Å². The fraction of sp³-hybridized carbons (Fsp3) is 0.562. The van der Waals surface area contributed by atoms with E-state index in [1.165, 1.54) is 0 Å². The van der Waals surface area contributed by atoms with Crippen molar-refractivity contribution in [2.24, 2.45) is 11.3 Å². The second-order valence-corrected chi connectivity index (χ2v) is 6.63. The summed E-state index contributed by atoms with van der Waals surface area (Å²) >= 11 is 5.88. The molecule has 0 aromatic heterocycles. The number of amides is 1. The van der Waals surface area contributed by atoms with Crippen LogP contribution in [0.2, 0.25) is 5.02 Å². The normalized spacial score (nSPS) is 23.6. The third kappa shape index (κ3) is 2.70. The number of nitrogens with one attached hydrogen (secondary N) is 1. The second-order valence-electron chi connectivity index (χ2n) is 6.19. The van der Waals surface area contributed by atoms with Gasteiger partial charge in [0.05, 0.1) is 0 Å². The van der Waals surface area contributed by atoms with Crippen LogP contribution in [0, 0.1) is 11.3 Å². The van der Waals surface area contributed by atoms with Crippen molar-refractivity contribution in [2.45, 2.75) is 25.8 Å². The molecule has 1 aliphatic carbocycles. The molecule has 0 bridgehead atoms. The molecule has 1 aliphatic heterocycles. The first-order valence-corrected chi connectivity index (χ1v) is 7.69. The van der Waals surface area contributed by atoms with Gasteiger partial charge in [0.2, 0.25) is 5.91 Å². The van der Waals surface area contributed by atoms with E-state index in [0.29, 0.717) is 17.9 Å². The molecule has 3 rings (SSSR count). The molecule has 108 valence electrons. The number of rotatable bonds is 3. The van der Waals surface area contributed by atoms with Gasteiger partial charge in [-0.1, -0.05) is 23.7 Å². The fourth-order valence-corrected chi connectivity index (χ4v) is 3.51. The Morgan fingerprint density at radius 2 is 2.00 bits per heavy atom. The van der Waals surface area contributed by atoms with Crippen molar-refractivity contribution in [2.75, 3.05) is 20.1 Å². The Kier molecular flexibility index (Phi) is 3.74. The number of nitrogens with zero attached hydrogens (tertiary/aromatic N) is 1. The van der Waals surface area contributed by atoms with Gasteiger partial charge in [0.15, 0.2) is 0 Å². The summed E-state index contributed by atoms with van der Waals surface area (Å²) < 4.78 is 0. The molecule has 1 atom stereocenters. The zero-order valence-corrected chi connectivity index (χ0v) is 12.6. The van der Waals surface area contributed by atoms with Crippen LogP contribution in [0.1, 0.15) is 24.8 Å². The first kappa shape index (κ1) is 13.9. The number of hydrogen-bond acceptors (Lipinski definition) is 2. The van der Waals surface area contributed by atoms with Gasteiger partial charge in [-0.3, -0.25) is 4.79 Å². The van der Waals surface area contributed by atoms with Crippen LogP contribution in [0.3, 0.4) is 0 Å². The fourth-order valence-electron chi connectivity index (χ4n) is 3.38. The molecule has 2 fully saturated rings. The monoisotopic (exact) mass is 292 g/mol. The van der Waals surface area contributed by atoms with Crippen LogP contribution in [-0.2, 0) is 11.3 Å². The summed E-state index contributed by atoms with van der Waals surface area (Å²) in [6, 6.07) is 7.72. The van der Waals surface area contributed by atoms with Gasteiger partial charge >= 0.3 is 0 Å². The molecule has 1 heterocycles. The molecule has 20 heavy (non-hydrogen) atoms. The van der Waals surface area contributed by atoms with Crippen LogP contribution < -0.4 is 5.32 Å². The number of carbonyl (C=O) groups excluding carboxylic acids is 1. The summed E-state index contributed by atoms with van der Waals surface area (Å²) in [5.74, 6) is 0.559. The Morgan fingerprint density at radius 1 is 1.35 bits per heavy atom. The maximum absolute atomic E-state index is 12.5. The minimum Gasteiger partial charge on any atom is -0.341 e. The highest BCUT2D eigenvalue weighted by Crippen LogP contribution is 2.59. The molecule has 1 unspecified atom stereocenters. The van der Waals surface area contributed by atoms with E-state index in [1.54, 1.807) is 0 Å². The minimum atomic E-state index is 0.252. The molecular weight excluding hydrogens is 272 g/mol. The average molecular weight is 293 g/mol. The van der Waals surface area contributed by atoms with Crippen LogP contribution in [0.15, 0.2) is 24.3 Å². The third-order valence-electron chi connectivity index (χ3n) is 4.80. The minimum absolute atomic E-state index is 0.252. The van der Waals surface area contributed by atoms with E-state index in [4.69, 9.17) is 11.6 Å². The highest BCUT2D eigenvalue weighted by molar-refractivity contribution is 6.30. The Hall–Kier alpha value is -1.06. The first-order valence-electron chi connectivity index (χ1n) is 7.31. The van der Waals surface area contributed by atoms with Crippen molar-refractivity contribution in [1.29, 1.82) is 0 Å². The third-order valence-corrected chi connectivity index (χ3v) is 5.05. The van der Waals surface area contributed by atoms with Crippen molar-refractivity contribution in [3.8, 4) is 0 Å². The topological polar surface area (TPSA) is 32.3 Å². The molecule has 1 saturated heterocycles. The van der Waals surface area contributed by atoms with Crippen LogP contribution in [-0.4, -0.2) is 30.9 Å². The smallest absolute Gasteiger partial charge is 0.226 e. The molecule has 2 aliphatic rings. The molecule has 0 radical (unpaired) electrons. The van der Waals surface area contributed by atoms with E-state index >= 15 is 0 Å². The first-order chi connectivity index (χ1) is 9.61. The number of carbonyl (C=O) groups is 1. The standard InChI is InChI=1S/C16H21ClN2O/c1-19(11-12-2-4-13(17)5-3-12)15(20)14-10-16(14)6-8-18-9-7-16/h2-5,14,18H,6-11H2,1H3. The SMILES string of the molecule is CN(Cc1ccc(Cl)cc1)C(=O)C1CC12CCNCC2. The zero-order valence-electron chi connectivity index (χ0n) is 11.9. The van der Waals surface area contributed by atoms with E-state index in [0.717, 1.165) is 42.9 Å². The molecular formula is C16H21ClN2O. The Bertz CT molecular complexity index is 494. The number of benzene rings is 1. The summed E-state index contributed by atoms with van der Waals surface area (Å²) in [6.45, 7) is 2.79. The summed E-state index contributed by atoms with van der Waals surface area (Å²) in [7, 11) is 1.91. The quantitative estimate of drug-likeness (QED) is 0.929. The van der Waals surface area contributed by atoms with E-state index in [1.807, 2.05) is 36.2 Å². The summed E-state index contributed by atoms with van der Waals surface area (Å²) in [6.07, 6.45) is 3.38. The lowest BCUT2D eigenvalue weighted by molar-refractivity contribution is -0.132. The van der Waals surface area contributed by atoms with Gasteiger partial charge < -0.3 is 10.2 Å². The highest BCUT2D eigenvalue weighted by atomic mass is 35.5. The van der Waals surface area contributed by atoms with Crippen molar-refractivity contribution in [3.05, 3.63) is 34.9 Å². The van der Waals surface area contributed by atoms with Crippen molar-refractivity contribution < 1.29 is 4.79 Å². The lowest BCUT2D eigenvalue weighted by atomic mass is 9.91. The van der Waals surface area contributed by atoms with Crippen LogP contribution in [0.4, 0.5) is 0 Å². The Labute approximate surface area is 125 Å². The van der Waals surface area contributed by atoms with Crippen molar-refractivity contribution in [1.82, 2.24) is 10.2 Å². The van der Waals surface area contributed by atoms with Crippen LogP contribution >= 0.6 is 11.6 Å².